The number of aromatic nitrogens is 1. The fraction of sp³-hybridized carbons (Fsp3) is 0.348. The molecule has 0 fully saturated rings. The lowest BCUT2D eigenvalue weighted by atomic mass is 9.95. The summed E-state index contributed by atoms with van der Waals surface area (Å²) < 4.78 is 48.7. The van der Waals surface area contributed by atoms with E-state index >= 15 is 0 Å². The molecule has 2 aromatic carbocycles. The van der Waals surface area contributed by atoms with E-state index in [1.807, 2.05) is 38.1 Å². The molecule has 0 aliphatic heterocycles. The number of para-hydroxylation sites is 1. The predicted molar refractivity (Wildman–Crippen MR) is 112 cm³/mol. The number of methoxy groups -OCH3 is 1. The molecule has 8 heteroatoms. The van der Waals surface area contributed by atoms with Gasteiger partial charge in [-0.1, -0.05) is 44.2 Å². The van der Waals surface area contributed by atoms with Crippen molar-refractivity contribution in [3.8, 4) is 5.75 Å². The predicted octanol–water partition coefficient (Wildman–Crippen LogP) is 4.99. The third kappa shape index (κ3) is 6.01. The molecular weight excluding hydrogens is 409 g/mol. The number of hydrogen-bond acceptors (Lipinski definition) is 3. The molecule has 1 N–H and O–H groups in total. The number of nitrogens with zero attached hydrogens (tertiary/aromatic N) is 1. The number of carbonyl (C=O) groups is 1. The van der Waals surface area contributed by atoms with E-state index in [0.29, 0.717) is 24.4 Å². The van der Waals surface area contributed by atoms with E-state index in [1.165, 1.54) is 18.2 Å². The number of hydrogen-bond donors (Lipinski definition) is 1. The van der Waals surface area contributed by atoms with Crippen molar-refractivity contribution in [1.82, 2.24) is 9.88 Å². The van der Waals surface area contributed by atoms with Crippen molar-refractivity contribution < 1.29 is 27.4 Å². The van der Waals surface area contributed by atoms with Crippen molar-refractivity contribution in [3.63, 3.8) is 0 Å². The van der Waals surface area contributed by atoms with Gasteiger partial charge in [0.15, 0.2) is 0 Å². The van der Waals surface area contributed by atoms with Gasteiger partial charge in [-0.3, -0.25) is 4.79 Å². The quantitative estimate of drug-likeness (QED) is 0.544. The van der Waals surface area contributed by atoms with Gasteiger partial charge in [0.25, 0.3) is 5.91 Å². The van der Waals surface area contributed by atoms with E-state index in [0.717, 1.165) is 10.9 Å². The normalized spacial score (nSPS) is 12.2. The summed E-state index contributed by atoms with van der Waals surface area (Å²) >= 11 is 0. The third-order valence-electron chi connectivity index (χ3n) is 4.78. The summed E-state index contributed by atoms with van der Waals surface area (Å²) in [5, 5.41) is 3.81. The number of benzene rings is 2. The van der Waals surface area contributed by atoms with Crippen LogP contribution in [0.15, 0.2) is 54.6 Å². The first-order valence-corrected chi connectivity index (χ1v) is 9.78. The Balaban J connectivity index is 1.90. The highest BCUT2D eigenvalue weighted by Gasteiger charge is 2.31. The van der Waals surface area contributed by atoms with Crippen LogP contribution in [0.25, 0.3) is 10.9 Å². The Morgan fingerprint density at radius 3 is 2.52 bits per heavy atom. The fourth-order valence-corrected chi connectivity index (χ4v) is 3.44. The van der Waals surface area contributed by atoms with Crippen LogP contribution in [0.3, 0.4) is 0 Å². The van der Waals surface area contributed by atoms with Crippen LogP contribution < -0.4 is 10.1 Å². The van der Waals surface area contributed by atoms with Gasteiger partial charge in [-0.2, -0.15) is 0 Å². The van der Waals surface area contributed by atoms with Crippen molar-refractivity contribution in [1.29, 1.82) is 0 Å². The zero-order chi connectivity index (χ0) is 22.6. The fourth-order valence-electron chi connectivity index (χ4n) is 3.44. The van der Waals surface area contributed by atoms with E-state index in [1.54, 1.807) is 23.8 Å². The van der Waals surface area contributed by atoms with Crippen molar-refractivity contribution in [2.45, 2.75) is 26.8 Å². The Labute approximate surface area is 178 Å². The lowest BCUT2D eigenvalue weighted by molar-refractivity contribution is -0.274. The van der Waals surface area contributed by atoms with Gasteiger partial charge in [0.05, 0.1) is 6.61 Å². The molecule has 31 heavy (non-hydrogen) atoms. The zero-order valence-electron chi connectivity index (χ0n) is 17.6. The van der Waals surface area contributed by atoms with Gasteiger partial charge >= 0.3 is 6.36 Å². The van der Waals surface area contributed by atoms with Crippen LogP contribution in [0.1, 0.15) is 29.9 Å². The minimum atomic E-state index is -4.77. The number of nitrogens with one attached hydrogen (secondary N) is 1. The SMILES string of the molecule is COCC(C)(C)CNC(=O)c1cc2ccccc2n1Cc1cccc(OC(F)(F)F)c1. The van der Waals surface area contributed by atoms with E-state index in [2.05, 4.69) is 10.1 Å². The average molecular weight is 434 g/mol. The van der Waals surface area contributed by atoms with Gasteiger partial charge in [-0.15, -0.1) is 13.2 Å². The molecule has 3 rings (SSSR count). The van der Waals surface area contributed by atoms with Crippen LogP contribution in [0, 0.1) is 5.41 Å². The molecule has 0 aliphatic carbocycles. The largest absolute Gasteiger partial charge is 0.573 e. The number of alkyl halides is 3. The summed E-state index contributed by atoms with van der Waals surface area (Å²) in [4.78, 5) is 13.0. The van der Waals surface area contributed by atoms with Crippen molar-refractivity contribution in [2.24, 2.45) is 5.41 Å². The highest BCUT2D eigenvalue weighted by molar-refractivity contribution is 5.98. The number of ether oxygens (including phenoxy) is 2. The monoisotopic (exact) mass is 434 g/mol. The van der Waals surface area contributed by atoms with Crippen molar-refractivity contribution in [3.05, 3.63) is 65.9 Å². The van der Waals surface area contributed by atoms with E-state index in [9.17, 15) is 18.0 Å². The van der Waals surface area contributed by atoms with Gasteiger partial charge in [0, 0.05) is 36.5 Å². The average Bonchev–Trinajstić information content (AvgIpc) is 3.04. The first-order valence-electron chi connectivity index (χ1n) is 9.78. The maximum atomic E-state index is 13.0. The van der Waals surface area contributed by atoms with Gasteiger partial charge in [0.2, 0.25) is 0 Å². The summed E-state index contributed by atoms with van der Waals surface area (Å²) in [6, 6.07) is 15.0. The molecule has 0 radical (unpaired) electrons. The number of rotatable bonds is 8. The van der Waals surface area contributed by atoms with Crippen LogP contribution in [0.5, 0.6) is 5.75 Å². The molecule has 0 unspecified atom stereocenters. The standard InChI is InChI=1S/C23H25F3N2O3/c1-22(2,15-30-3)14-27-21(29)20-12-17-8-4-5-10-19(17)28(20)13-16-7-6-9-18(11-16)31-23(24,25)26/h4-12H,13-15H2,1-3H3,(H,27,29). The molecule has 1 heterocycles. The lowest BCUT2D eigenvalue weighted by Gasteiger charge is -2.24. The second kappa shape index (κ2) is 9.01. The first-order chi connectivity index (χ1) is 14.6. The van der Waals surface area contributed by atoms with Crippen LogP contribution in [-0.4, -0.2) is 37.1 Å². The molecule has 0 saturated carbocycles. The molecule has 0 aliphatic rings. The van der Waals surface area contributed by atoms with Crippen LogP contribution in [0.2, 0.25) is 0 Å². The summed E-state index contributed by atoms with van der Waals surface area (Å²) in [5.74, 6) is -0.558. The topological polar surface area (TPSA) is 52.5 Å². The van der Waals surface area contributed by atoms with E-state index in [4.69, 9.17) is 4.74 Å². The van der Waals surface area contributed by atoms with E-state index < -0.39 is 6.36 Å². The van der Waals surface area contributed by atoms with Crippen LogP contribution >= 0.6 is 0 Å². The summed E-state index contributed by atoms with van der Waals surface area (Å²) in [7, 11) is 1.61. The molecule has 1 aromatic heterocycles. The van der Waals surface area contributed by atoms with Gasteiger partial charge in [-0.25, -0.2) is 0 Å². The summed E-state index contributed by atoms with van der Waals surface area (Å²) in [5.41, 5.74) is 1.57. The number of carbonyl (C=O) groups excluding carboxylic acids is 1. The molecule has 5 nitrogen and oxygen atoms in total. The van der Waals surface area contributed by atoms with Gasteiger partial charge in [0.1, 0.15) is 11.4 Å². The summed E-state index contributed by atoms with van der Waals surface area (Å²) in [6.07, 6.45) is -4.77. The Kier molecular flexibility index (Phi) is 6.59. The lowest BCUT2D eigenvalue weighted by Crippen LogP contribution is -2.37. The van der Waals surface area contributed by atoms with E-state index in [-0.39, 0.29) is 23.6 Å². The molecule has 166 valence electrons. The van der Waals surface area contributed by atoms with Crippen LogP contribution in [-0.2, 0) is 11.3 Å². The Morgan fingerprint density at radius 2 is 1.81 bits per heavy atom. The maximum Gasteiger partial charge on any atom is 0.573 e. The maximum absolute atomic E-state index is 13.0. The molecule has 3 aromatic rings. The second-order valence-electron chi connectivity index (χ2n) is 8.15. The molecule has 0 spiro atoms. The van der Waals surface area contributed by atoms with Gasteiger partial charge in [-0.05, 0) is 29.8 Å². The highest BCUT2D eigenvalue weighted by Crippen LogP contribution is 2.26. The Morgan fingerprint density at radius 1 is 1.06 bits per heavy atom. The molecule has 0 bridgehead atoms. The third-order valence-corrected chi connectivity index (χ3v) is 4.78. The molecule has 1 amide bonds. The first kappa shape index (κ1) is 22.7. The van der Waals surface area contributed by atoms with Crippen molar-refractivity contribution in [2.75, 3.05) is 20.3 Å². The highest BCUT2D eigenvalue weighted by atomic mass is 19.4. The Bertz CT molecular complexity index is 1060. The zero-order valence-corrected chi connectivity index (χ0v) is 17.6. The second-order valence-corrected chi connectivity index (χ2v) is 8.15. The molecular formula is C23H25F3N2O3. The number of halogens is 3. The van der Waals surface area contributed by atoms with Crippen molar-refractivity contribution >= 4 is 16.8 Å². The summed E-state index contributed by atoms with van der Waals surface area (Å²) in [6.45, 7) is 5.09. The molecule has 0 saturated heterocycles. The smallest absolute Gasteiger partial charge is 0.406 e. The molecule has 0 atom stereocenters. The minimum absolute atomic E-state index is 0.215. The number of fused-ring (bicyclic) bond motifs is 1. The van der Waals surface area contributed by atoms with Crippen LogP contribution in [0.4, 0.5) is 13.2 Å². The minimum Gasteiger partial charge on any atom is -0.406 e. The number of amides is 1. The Hall–Kier alpha value is -3.00. The van der Waals surface area contributed by atoms with Gasteiger partial charge < -0.3 is 19.4 Å².